The lowest BCUT2D eigenvalue weighted by Crippen LogP contribution is -2.30. The van der Waals surface area contributed by atoms with Gasteiger partial charge in [0.05, 0.1) is 6.61 Å². The number of rotatable bonds is 46. The Hall–Kier alpha value is -3.18. The van der Waals surface area contributed by atoms with Crippen LogP contribution in [-0.4, -0.2) is 37.9 Å². The first-order valence-corrected chi connectivity index (χ1v) is 25.8. The highest BCUT2D eigenvalue weighted by Gasteiger charge is 2.17. The maximum Gasteiger partial charge on any atom is 0.306 e. The van der Waals surface area contributed by atoms with Crippen LogP contribution in [0.2, 0.25) is 0 Å². The first-order chi connectivity index (χ1) is 30.6. The molecule has 0 N–H and O–H groups in total. The van der Waals surface area contributed by atoms with Crippen molar-refractivity contribution in [3.8, 4) is 0 Å². The van der Waals surface area contributed by atoms with Crippen molar-refractivity contribution in [2.75, 3.05) is 19.8 Å². The van der Waals surface area contributed by atoms with Crippen LogP contribution in [-0.2, 0) is 23.8 Å². The van der Waals surface area contributed by atoms with E-state index in [4.69, 9.17) is 14.2 Å². The molecule has 0 bridgehead atoms. The zero-order chi connectivity index (χ0) is 44.9. The molecule has 354 valence electrons. The minimum absolute atomic E-state index is 0.0615. The molecule has 62 heavy (non-hydrogen) atoms. The molecule has 0 aliphatic carbocycles. The lowest BCUT2D eigenvalue weighted by atomic mass is 10.1. The molecular weight excluding hydrogens is 765 g/mol. The molecule has 0 radical (unpaired) electrons. The van der Waals surface area contributed by atoms with Gasteiger partial charge in [-0.05, 0) is 109 Å². The normalized spacial score (nSPS) is 13.0. The maximum absolute atomic E-state index is 12.8. The second kappa shape index (κ2) is 52.2. The molecule has 0 saturated heterocycles. The Morgan fingerprint density at radius 1 is 0.371 bits per heavy atom. The van der Waals surface area contributed by atoms with E-state index in [9.17, 15) is 9.59 Å². The van der Waals surface area contributed by atoms with Crippen LogP contribution < -0.4 is 0 Å². The molecule has 1 unspecified atom stereocenters. The summed E-state index contributed by atoms with van der Waals surface area (Å²) in [4.78, 5) is 25.4. The second-order valence-corrected chi connectivity index (χ2v) is 16.7. The number of unbranched alkanes of at least 4 members (excludes halogenated alkanes) is 19. The molecule has 5 nitrogen and oxygen atoms in total. The Balaban J connectivity index is 4.31. The molecule has 1 atom stereocenters. The van der Waals surface area contributed by atoms with Crippen molar-refractivity contribution in [2.24, 2.45) is 0 Å². The summed E-state index contributed by atoms with van der Waals surface area (Å²) in [5.74, 6) is -0.443. The van der Waals surface area contributed by atoms with Gasteiger partial charge < -0.3 is 14.2 Å². The van der Waals surface area contributed by atoms with Crippen LogP contribution in [0.25, 0.3) is 0 Å². The summed E-state index contributed by atoms with van der Waals surface area (Å²) in [6, 6.07) is 0. The van der Waals surface area contributed by atoms with Gasteiger partial charge in [0, 0.05) is 19.4 Å². The quantitative estimate of drug-likeness (QED) is 0.0347. The lowest BCUT2D eigenvalue weighted by molar-refractivity contribution is -0.163. The Labute approximate surface area is 383 Å². The van der Waals surface area contributed by atoms with E-state index in [1.807, 2.05) is 0 Å². The van der Waals surface area contributed by atoms with Crippen LogP contribution >= 0.6 is 0 Å². The van der Waals surface area contributed by atoms with Crippen LogP contribution in [0.3, 0.4) is 0 Å². The third kappa shape index (κ3) is 49.5. The average Bonchev–Trinajstić information content (AvgIpc) is 3.27. The molecule has 0 aliphatic rings. The first-order valence-electron chi connectivity index (χ1n) is 25.8. The van der Waals surface area contributed by atoms with Gasteiger partial charge in [-0.2, -0.15) is 0 Å². The molecule has 0 aromatic rings. The van der Waals surface area contributed by atoms with Crippen molar-refractivity contribution in [3.63, 3.8) is 0 Å². The summed E-state index contributed by atoms with van der Waals surface area (Å²) in [5.41, 5.74) is 0. The lowest BCUT2D eigenvalue weighted by Gasteiger charge is -2.18. The minimum Gasteiger partial charge on any atom is -0.462 e. The molecule has 0 rings (SSSR count). The van der Waals surface area contributed by atoms with Crippen LogP contribution in [0.4, 0.5) is 0 Å². The number of carbonyl (C=O) groups excluding carboxylic acids is 2. The summed E-state index contributed by atoms with van der Waals surface area (Å²) in [5, 5.41) is 0. The fourth-order valence-electron chi connectivity index (χ4n) is 6.79. The van der Waals surface area contributed by atoms with E-state index in [1.165, 1.54) is 77.0 Å². The van der Waals surface area contributed by atoms with E-state index in [1.54, 1.807) is 0 Å². The summed E-state index contributed by atoms with van der Waals surface area (Å²) >= 11 is 0. The van der Waals surface area contributed by atoms with Crippen molar-refractivity contribution in [2.45, 2.75) is 232 Å². The molecule has 5 heteroatoms. The maximum atomic E-state index is 12.8. The number of allylic oxidation sites excluding steroid dienone is 16. The number of hydrogen-bond donors (Lipinski definition) is 0. The number of ether oxygens (including phenoxy) is 3. The summed E-state index contributed by atoms with van der Waals surface area (Å²) in [6.07, 6.45) is 69.9. The molecule has 0 saturated carbocycles. The predicted molar refractivity (Wildman–Crippen MR) is 270 cm³/mol. The van der Waals surface area contributed by atoms with Crippen LogP contribution in [0.15, 0.2) is 97.2 Å². The molecular formula is C57H96O5. The molecule has 0 aromatic heterocycles. The Kier molecular flexibility index (Phi) is 49.5. The number of carbonyl (C=O) groups is 2. The summed E-state index contributed by atoms with van der Waals surface area (Å²) in [7, 11) is 0. The third-order valence-electron chi connectivity index (χ3n) is 10.6. The number of hydrogen-bond acceptors (Lipinski definition) is 5. The van der Waals surface area contributed by atoms with Crippen LogP contribution in [0.5, 0.6) is 0 Å². The fourth-order valence-corrected chi connectivity index (χ4v) is 6.79. The predicted octanol–water partition coefficient (Wildman–Crippen LogP) is 17.5. The van der Waals surface area contributed by atoms with Crippen molar-refractivity contribution in [1.29, 1.82) is 0 Å². The average molecular weight is 861 g/mol. The summed E-state index contributed by atoms with van der Waals surface area (Å²) < 4.78 is 17.4. The zero-order valence-electron chi connectivity index (χ0n) is 40.6. The van der Waals surface area contributed by atoms with Crippen LogP contribution in [0.1, 0.15) is 226 Å². The highest BCUT2D eigenvalue weighted by atomic mass is 16.6. The monoisotopic (exact) mass is 861 g/mol. The van der Waals surface area contributed by atoms with Gasteiger partial charge in [-0.3, -0.25) is 9.59 Å². The molecule has 0 heterocycles. The van der Waals surface area contributed by atoms with Crippen LogP contribution in [0, 0.1) is 0 Å². The van der Waals surface area contributed by atoms with Gasteiger partial charge in [-0.15, -0.1) is 0 Å². The van der Waals surface area contributed by atoms with E-state index in [0.29, 0.717) is 19.4 Å². The molecule has 0 aliphatic heterocycles. The third-order valence-corrected chi connectivity index (χ3v) is 10.6. The Morgan fingerprint density at radius 3 is 1.18 bits per heavy atom. The van der Waals surface area contributed by atoms with Gasteiger partial charge in [0.2, 0.25) is 0 Å². The van der Waals surface area contributed by atoms with E-state index in [-0.39, 0.29) is 25.2 Å². The molecule has 0 aromatic carbocycles. The Bertz CT molecular complexity index is 1200. The van der Waals surface area contributed by atoms with Crippen molar-refractivity contribution in [3.05, 3.63) is 97.2 Å². The van der Waals surface area contributed by atoms with E-state index in [0.717, 1.165) is 116 Å². The van der Waals surface area contributed by atoms with Gasteiger partial charge in [-0.1, -0.05) is 201 Å². The molecule has 0 amide bonds. The Morgan fingerprint density at radius 2 is 0.726 bits per heavy atom. The highest BCUT2D eigenvalue weighted by Crippen LogP contribution is 2.13. The van der Waals surface area contributed by atoms with Crippen molar-refractivity contribution >= 4 is 11.9 Å². The van der Waals surface area contributed by atoms with Gasteiger partial charge in [0.15, 0.2) is 6.10 Å². The highest BCUT2D eigenvalue weighted by molar-refractivity contribution is 5.70. The van der Waals surface area contributed by atoms with Gasteiger partial charge in [0.25, 0.3) is 0 Å². The standard InChI is InChI=1S/C57H96O5/c1-4-7-10-13-16-19-22-24-26-28-30-32-34-37-40-43-46-49-52-60-53-55(62-57(59)51-48-45-42-39-35-21-18-15-12-9-6-3)54-61-56(58)50-47-44-41-38-36-33-31-29-27-25-23-20-17-14-11-8-5-2/h7-8,10-11,15-20,24-27,31,33,55H,4-6,9,12-14,21-23,28-30,32,34-54H2,1-3H3/b10-7-,11-8-,18-15-,19-16-,20-17-,26-24-,27-25-,33-31-. The summed E-state index contributed by atoms with van der Waals surface area (Å²) in [6.45, 7) is 7.51. The smallest absolute Gasteiger partial charge is 0.306 e. The molecule has 0 spiro atoms. The van der Waals surface area contributed by atoms with E-state index < -0.39 is 6.10 Å². The zero-order valence-corrected chi connectivity index (χ0v) is 40.6. The molecule has 0 fully saturated rings. The van der Waals surface area contributed by atoms with Crippen molar-refractivity contribution < 1.29 is 23.8 Å². The number of esters is 2. The fraction of sp³-hybridized carbons (Fsp3) is 0.684. The van der Waals surface area contributed by atoms with Gasteiger partial charge >= 0.3 is 11.9 Å². The van der Waals surface area contributed by atoms with Gasteiger partial charge in [0.1, 0.15) is 6.61 Å². The second-order valence-electron chi connectivity index (χ2n) is 16.7. The van der Waals surface area contributed by atoms with E-state index >= 15 is 0 Å². The largest absolute Gasteiger partial charge is 0.462 e. The first kappa shape index (κ1) is 58.8. The topological polar surface area (TPSA) is 61.8 Å². The van der Waals surface area contributed by atoms with Gasteiger partial charge in [-0.25, -0.2) is 0 Å². The van der Waals surface area contributed by atoms with Crippen molar-refractivity contribution in [1.82, 2.24) is 0 Å². The minimum atomic E-state index is -0.559. The SMILES string of the molecule is CC/C=C\C/C=C\C/C=C\C/C=C\CCCCCCC(=O)OCC(COCCCCCCCCCC/C=C\C/C=C\C/C=C\CC)OC(=O)CCCCCCC/C=C\CCCC. The van der Waals surface area contributed by atoms with E-state index in [2.05, 4.69) is 118 Å².